The van der Waals surface area contributed by atoms with Crippen LogP contribution in [0.25, 0.3) is 11.4 Å². The summed E-state index contributed by atoms with van der Waals surface area (Å²) in [6.45, 7) is -2.86. The molecule has 0 aliphatic carbocycles. The number of hydrogen-bond acceptors (Lipinski definition) is 6. The smallest absolute Gasteiger partial charge is 0.387 e. The quantitative estimate of drug-likeness (QED) is 0.599. The highest BCUT2D eigenvalue weighted by atomic mass is 32.2. The van der Waals surface area contributed by atoms with Crippen LogP contribution in [0.4, 0.5) is 8.78 Å². The lowest BCUT2D eigenvalue weighted by atomic mass is 10.2. The van der Waals surface area contributed by atoms with E-state index in [-0.39, 0.29) is 17.5 Å². The third-order valence-electron chi connectivity index (χ3n) is 2.72. The number of carbonyl (C=O) groups is 1. The van der Waals surface area contributed by atoms with Gasteiger partial charge in [-0.15, -0.1) is 10.2 Å². The molecule has 0 saturated heterocycles. The van der Waals surface area contributed by atoms with Crippen molar-refractivity contribution in [1.29, 1.82) is 0 Å². The predicted octanol–water partition coefficient (Wildman–Crippen LogP) is 2.35. The first-order valence-electron chi connectivity index (χ1n) is 6.15. The van der Waals surface area contributed by atoms with E-state index in [0.717, 1.165) is 0 Å². The van der Waals surface area contributed by atoms with Gasteiger partial charge in [-0.05, 0) is 24.3 Å². The Balaban J connectivity index is 2.12. The van der Waals surface area contributed by atoms with Crippen LogP contribution in [-0.4, -0.2) is 40.2 Å². The number of methoxy groups -OCH3 is 1. The molecule has 0 bridgehead atoms. The van der Waals surface area contributed by atoms with Gasteiger partial charge in [-0.3, -0.25) is 4.79 Å². The molecular weight excluding hydrogens is 316 g/mol. The van der Waals surface area contributed by atoms with Gasteiger partial charge in [0, 0.05) is 12.6 Å². The van der Waals surface area contributed by atoms with Crippen LogP contribution in [-0.2, 0) is 16.6 Å². The lowest BCUT2D eigenvalue weighted by Gasteiger charge is -2.06. The normalized spacial score (nSPS) is 10.8. The number of hydrogen-bond donors (Lipinski definition) is 0. The molecule has 22 heavy (non-hydrogen) atoms. The predicted molar refractivity (Wildman–Crippen MR) is 75.8 cm³/mol. The molecule has 1 aromatic heterocycles. The molecule has 0 amide bonds. The Morgan fingerprint density at radius 1 is 1.32 bits per heavy atom. The molecule has 0 spiro atoms. The van der Waals surface area contributed by atoms with Gasteiger partial charge in [-0.2, -0.15) is 8.78 Å². The molecule has 1 heterocycles. The molecule has 9 heteroatoms. The first kappa shape index (κ1) is 16.2. The standard InChI is InChI=1S/C13H13F2N3O3S/c1-18-11(16-17-13(18)22-7-10(19)20-2)8-3-5-9(6-4-8)21-12(14)15/h3-6,12H,7H2,1-2H3. The van der Waals surface area contributed by atoms with Crippen LogP contribution >= 0.6 is 11.8 Å². The zero-order chi connectivity index (χ0) is 16.1. The number of halogens is 2. The summed E-state index contributed by atoms with van der Waals surface area (Å²) >= 11 is 1.20. The van der Waals surface area contributed by atoms with Gasteiger partial charge in [0.05, 0.1) is 12.9 Å². The van der Waals surface area contributed by atoms with Crippen molar-refractivity contribution in [1.82, 2.24) is 14.8 Å². The number of alkyl halides is 2. The van der Waals surface area contributed by atoms with Crippen molar-refractivity contribution >= 4 is 17.7 Å². The Bertz CT molecular complexity index is 646. The number of esters is 1. The third-order valence-corrected chi connectivity index (χ3v) is 3.71. The molecule has 1 aromatic carbocycles. The van der Waals surface area contributed by atoms with E-state index >= 15 is 0 Å². The van der Waals surface area contributed by atoms with E-state index in [0.29, 0.717) is 16.5 Å². The SMILES string of the molecule is COC(=O)CSc1nnc(-c2ccc(OC(F)F)cc2)n1C. The van der Waals surface area contributed by atoms with Gasteiger partial charge in [-0.25, -0.2) is 0 Å². The molecule has 0 aliphatic heterocycles. The fourth-order valence-electron chi connectivity index (χ4n) is 1.66. The summed E-state index contributed by atoms with van der Waals surface area (Å²) in [7, 11) is 3.06. The van der Waals surface area contributed by atoms with E-state index in [9.17, 15) is 13.6 Å². The highest BCUT2D eigenvalue weighted by molar-refractivity contribution is 7.99. The molecule has 0 radical (unpaired) electrons. The van der Waals surface area contributed by atoms with Crippen molar-refractivity contribution in [2.45, 2.75) is 11.8 Å². The fourth-order valence-corrected chi connectivity index (χ4v) is 2.40. The summed E-state index contributed by atoms with van der Waals surface area (Å²) in [5, 5.41) is 8.57. The third kappa shape index (κ3) is 3.94. The lowest BCUT2D eigenvalue weighted by molar-refractivity contribution is -0.137. The number of ether oxygens (including phenoxy) is 2. The average Bonchev–Trinajstić information content (AvgIpc) is 2.86. The van der Waals surface area contributed by atoms with Crippen molar-refractivity contribution in [3.05, 3.63) is 24.3 Å². The molecule has 0 atom stereocenters. The number of aromatic nitrogens is 3. The molecule has 0 N–H and O–H groups in total. The molecule has 118 valence electrons. The van der Waals surface area contributed by atoms with E-state index in [2.05, 4.69) is 19.7 Å². The monoisotopic (exact) mass is 329 g/mol. The van der Waals surface area contributed by atoms with E-state index in [1.165, 1.54) is 31.0 Å². The molecule has 0 fully saturated rings. The average molecular weight is 329 g/mol. The number of carbonyl (C=O) groups excluding carboxylic acids is 1. The topological polar surface area (TPSA) is 66.2 Å². The highest BCUT2D eigenvalue weighted by Crippen LogP contribution is 2.25. The van der Waals surface area contributed by atoms with Crippen LogP contribution in [0.5, 0.6) is 5.75 Å². The number of rotatable bonds is 6. The second-order valence-corrected chi connectivity index (χ2v) is 5.08. The Hall–Kier alpha value is -2.16. The first-order chi connectivity index (χ1) is 10.5. The second-order valence-electron chi connectivity index (χ2n) is 4.13. The summed E-state index contributed by atoms with van der Waals surface area (Å²) in [5.74, 6) is 0.393. The van der Waals surface area contributed by atoms with Gasteiger partial charge in [0.2, 0.25) is 0 Å². The summed E-state index contributed by atoms with van der Waals surface area (Å²) in [6.07, 6.45) is 0. The number of nitrogens with zero attached hydrogens (tertiary/aromatic N) is 3. The van der Waals surface area contributed by atoms with Gasteiger partial charge in [-0.1, -0.05) is 11.8 Å². The van der Waals surface area contributed by atoms with Crippen molar-refractivity contribution in [3.8, 4) is 17.1 Å². The van der Waals surface area contributed by atoms with E-state index in [4.69, 9.17) is 0 Å². The minimum atomic E-state index is -2.86. The Labute approximate surface area is 129 Å². The maximum absolute atomic E-state index is 12.1. The summed E-state index contributed by atoms with van der Waals surface area (Å²) < 4.78 is 34.7. The summed E-state index contributed by atoms with van der Waals surface area (Å²) in [6, 6.07) is 6.07. The van der Waals surface area contributed by atoms with Gasteiger partial charge in [0.15, 0.2) is 11.0 Å². The van der Waals surface area contributed by atoms with Crippen LogP contribution < -0.4 is 4.74 Å². The largest absolute Gasteiger partial charge is 0.468 e. The highest BCUT2D eigenvalue weighted by Gasteiger charge is 2.13. The van der Waals surface area contributed by atoms with Gasteiger partial charge < -0.3 is 14.0 Å². The van der Waals surface area contributed by atoms with Crippen LogP contribution in [0, 0.1) is 0 Å². The zero-order valence-corrected chi connectivity index (χ0v) is 12.6. The maximum Gasteiger partial charge on any atom is 0.387 e. The minimum absolute atomic E-state index is 0.0706. The number of benzene rings is 1. The molecule has 0 aliphatic rings. The Morgan fingerprint density at radius 2 is 2.00 bits per heavy atom. The first-order valence-corrected chi connectivity index (χ1v) is 7.14. The van der Waals surface area contributed by atoms with Crippen molar-refractivity contribution < 1.29 is 23.0 Å². The summed E-state index contributed by atoms with van der Waals surface area (Å²) in [5.41, 5.74) is 0.696. The van der Waals surface area contributed by atoms with E-state index < -0.39 is 6.61 Å². The molecule has 0 saturated carbocycles. The number of thioether (sulfide) groups is 1. The van der Waals surface area contributed by atoms with Crippen molar-refractivity contribution in [2.75, 3.05) is 12.9 Å². The molecule has 2 aromatic rings. The molecule has 0 unspecified atom stereocenters. The molecule has 6 nitrogen and oxygen atoms in total. The van der Waals surface area contributed by atoms with E-state index in [1.54, 1.807) is 23.7 Å². The van der Waals surface area contributed by atoms with Crippen molar-refractivity contribution in [3.63, 3.8) is 0 Å². The molecular formula is C13H13F2N3O3S. The van der Waals surface area contributed by atoms with Crippen LogP contribution in [0.2, 0.25) is 0 Å². The Morgan fingerprint density at radius 3 is 2.59 bits per heavy atom. The molecule has 2 rings (SSSR count). The summed E-state index contributed by atoms with van der Waals surface area (Å²) in [4.78, 5) is 11.1. The minimum Gasteiger partial charge on any atom is -0.468 e. The van der Waals surface area contributed by atoms with Crippen LogP contribution in [0.15, 0.2) is 29.4 Å². The zero-order valence-electron chi connectivity index (χ0n) is 11.8. The fraction of sp³-hybridized carbons (Fsp3) is 0.308. The van der Waals surface area contributed by atoms with Crippen molar-refractivity contribution in [2.24, 2.45) is 7.05 Å². The van der Waals surface area contributed by atoms with Gasteiger partial charge in [0.25, 0.3) is 0 Å². The second kappa shape index (κ2) is 7.21. The maximum atomic E-state index is 12.1. The Kier molecular flexibility index (Phi) is 5.31. The van der Waals surface area contributed by atoms with E-state index in [1.807, 2.05) is 0 Å². The lowest BCUT2D eigenvalue weighted by Crippen LogP contribution is -2.04. The van der Waals surface area contributed by atoms with Gasteiger partial charge in [0.1, 0.15) is 5.75 Å². The van der Waals surface area contributed by atoms with Gasteiger partial charge >= 0.3 is 12.6 Å². The van der Waals surface area contributed by atoms with Crippen LogP contribution in [0.1, 0.15) is 0 Å². The van der Waals surface area contributed by atoms with Crippen LogP contribution in [0.3, 0.4) is 0 Å².